The number of hydrogen-bond donors (Lipinski definition) is 0. The highest BCUT2D eigenvalue weighted by Gasteiger charge is 2.13. The van der Waals surface area contributed by atoms with Gasteiger partial charge in [0.25, 0.3) is 0 Å². The molecule has 0 amide bonds. The van der Waals surface area contributed by atoms with E-state index in [0.29, 0.717) is 13.2 Å². The molecule has 2 heteroatoms. The molecule has 84 valence electrons. The van der Waals surface area contributed by atoms with Crippen molar-refractivity contribution in [3.05, 3.63) is 34.9 Å². The minimum Gasteiger partial charge on any atom is -0.349 e. The highest BCUT2D eigenvalue weighted by molar-refractivity contribution is 5.31. The molecule has 0 unspecified atom stereocenters. The summed E-state index contributed by atoms with van der Waals surface area (Å²) in [6.07, 6.45) is -0.222. The van der Waals surface area contributed by atoms with Gasteiger partial charge in [-0.25, -0.2) is 0 Å². The van der Waals surface area contributed by atoms with Crippen LogP contribution in [0.2, 0.25) is 0 Å². The van der Waals surface area contributed by atoms with E-state index in [1.165, 1.54) is 11.1 Å². The standard InChI is InChI=1S/C13H20O2/c1-5-14-13(15-6-2)12-8-7-10(3)9-11(12)4/h7-9,13H,5-6H2,1-4H3. The molecule has 0 heterocycles. The Bertz CT molecular complexity index is 301. The molecule has 1 rings (SSSR count). The van der Waals surface area contributed by atoms with Crippen LogP contribution in [0.1, 0.15) is 36.8 Å². The van der Waals surface area contributed by atoms with Crippen molar-refractivity contribution in [2.75, 3.05) is 13.2 Å². The summed E-state index contributed by atoms with van der Waals surface area (Å²) < 4.78 is 11.1. The van der Waals surface area contributed by atoms with Crippen LogP contribution in [0.3, 0.4) is 0 Å². The number of rotatable bonds is 5. The van der Waals surface area contributed by atoms with Crippen molar-refractivity contribution < 1.29 is 9.47 Å². The third-order valence-electron chi connectivity index (χ3n) is 2.32. The average Bonchev–Trinajstić information content (AvgIpc) is 2.17. The fraction of sp³-hybridized carbons (Fsp3) is 0.538. The third-order valence-corrected chi connectivity index (χ3v) is 2.32. The molecular weight excluding hydrogens is 188 g/mol. The van der Waals surface area contributed by atoms with E-state index in [2.05, 4.69) is 32.0 Å². The Kier molecular flexibility index (Phi) is 4.79. The lowest BCUT2D eigenvalue weighted by atomic mass is 10.1. The van der Waals surface area contributed by atoms with Crippen molar-refractivity contribution in [1.82, 2.24) is 0 Å². The van der Waals surface area contributed by atoms with E-state index in [1.54, 1.807) is 0 Å². The van der Waals surface area contributed by atoms with Gasteiger partial charge in [-0.1, -0.05) is 23.8 Å². The fourth-order valence-corrected chi connectivity index (χ4v) is 1.62. The van der Waals surface area contributed by atoms with Crippen molar-refractivity contribution in [2.45, 2.75) is 34.0 Å². The van der Waals surface area contributed by atoms with Gasteiger partial charge in [0.2, 0.25) is 0 Å². The van der Waals surface area contributed by atoms with Crippen LogP contribution in [-0.4, -0.2) is 13.2 Å². The van der Waals surface area contributed by atoms with Crippen LogP contribution in [0.4, 0.5) is 0 Å². The molecule has 0 saturated carbocycles. The molecule has 0 bridgehead atoms. The molecule has 1 aromatic carbocycles. The van der Waals surface area contributed by atoms with E-state index >= 15 is 0 Å². The van der Waals surface area contributed by atoms with Crippen LogP contribution in [0.25, 0.3) is 0 Å². The van der Waals surface area contributed by atoms with Crippen LogP contribution in [0.15, 0.2) is 18.2 Å². The van der Waals surface area contributed by atoms with E-state index < -0.39 is 0 Å². The maximum absolute atomic E-state index is 5.57. The quantitative estimate of drug-likeness (QED) is 0.691. The van der Waals surface area contributed by atoms with E-state index in [-0.39, 0.29) is 6.29 Å². The molecule has 1 aromatic rings. The zero-order valence-electron chi connectivity index (χ0n) is 10.0. The lowest BCUT2D eigenvalue weighted by molar-refractivity contribution is -0.140. The number of benzene rings is 1. The molecule has 0 aliphatic carbocycles. The van der Waals surface area contributed by atoms with E-state index in [0.717, 1.165) is 5.56 Å². The summed E-state index contributed by atoms with van der Waals surface area (Å²) >= 11 is 0. The van der Waals surface area contributed by atoms with Crippen LogP contribution < -0.4 is 0 Å². The topological polar surface area (TPSA) is 18.5 Å². The molecule has 0 fully saturated rings. The predicted octanol–water partition coefficient (Wildman–Crippen LogP) is 3.38. The van der Waals surface area contributed by atoms with Gasteiger partial charge >= 0.3 is 0 Å². The van der Waals surface area contributed by atoms with Crippen LogP contribution in [0, 0.1) is 13.8 Å². The molecule has 0 aromatic heterocycles. The van der Waals surface area contributed by atoms with Crippen molar-refractivity contribution in [3.63, 3.8) is 0 Å². The molecule has 0 aliphatic heterocycles. The van der Waals surface area contributed by atoms with Crippen molar-refractivity contribution in [3.8, 4) is 0 Å². The van der Waals surface area contributed by atoms with E-state index in [4.69, 9.17) is 9.47 Å². The summed E-state index contributed by atoms with van der Waals surface area (Å²) in [6, 6.07) is 6.33. The monoisotopic (exact) mass is 208 g/mol. The lowest BCUT2D eigenvalue weighted by Gasteiger charge is -2.19. The highest BCUT2D eigenvalue weighted by Crippen LogP contribution is 2.23. The first-order valence-corrected chi connectivity index (χ1v) is 5.49. The Balaban J connectivity index is 2.89. The molecule has 15 heavy (non-hydrogen) atoms. The predicted molar refractivity (Wildman–Crippen MR) is 61.9 cm³/mol. The highest BCUT2D eigenvalue weighted by atomic mass is 16.7. The molecular formula is C13H20O2. The molecule has 0 N–H and O–H groups in total. The SMILES string of the molecule is CCOC(OCC)c1ccc(C)cc1C. The number of hydrogen-bond acceptors (Lipinski definition) is 2. The van der Waals surface area contributed by atoms with E-state index in [1.807, 2.05) is 13.8 Å². The summed E-state index contributed by atoms with van der Waals surface area (Å²) in [5.74, 6) is 0. The summed E-state index contributed by atoms with van der Waals surface area (Å²) in [5, 5.41) is 0. The number of aryl methyl sites for hydroxylation is 2. The number of ether oxygens (including phenoxy) is 2. The second kappa shape index (κ2) is 5.89. The van der Waals surface area contributed by atoms with Gasteiger partial charge in [-0.2, -0.15) is 0 Å². The maximum Gasteiger partial charge on any atom is 0.184 e. The van der Waals surface area contributed by atoms with Crippen molar-refractivity contribution in [2.24, 2.45) is 0 Å². The van der Waals surface area contributed by atoms with Crippen LogP contribution >= 0.6 is 0 Å². The smallest absolute Gasteiger partial charge is 0.184 e. The largest absolute Gasteiger partial charge is 0.349 e. The van der Waals surface area contributed by atoms with E-state index in [9.17, 15) is 0 Å². The Morgan fingerprint density at radius 3 is 2.13 bits per heavy atom. The zero-order chi connectivity index (χ0) is 11.3. The maximum atomic E-state index is 5.57. The first kappa shape index (κ1) is 12.2. The van der Waals surface area contributed by atoms with Gasteiger partial charge in [-0.15, -0.1) is 0 Å². The zero-order valence-corrected chi connectivity index (χ0v) is 10.0. The Morgan fingerprint density at radius 1 is 1.07 bits per heavy atom. The van der Waals surface area contributed by atoms with Crippen LogP contribution in [-0.2, 0) is 9.47 Å². The molecule has 0 spiro atoms. The lowest BCUT2D eigenvalue weighted by Crippen LogP contribution is -2.10. The average molecular weight is 208 g/mol. The Hall–Kier alpha value is -0.860. The molecule has 0 aliphatic rings. The first-order valence-electron chi connectivity index (χ1n) is 5.49. The first-order chi connectivity index (χ1) is 7.19. The van der Waals surface area contributed by atoms with Gasteiger partial charge in [-0.05, 0) is 33.3 Å². The van der Waals surface area contributed by atoms with Crippen molar-refractivity contribution in [1.29, 1.82) is 0 Å². The molecule has 0 radical (unpaired) electrons. The summed E-state index contributed by atoms with van der Waals surface area (Å²) in [7, 11) is 0. The molecule has 0 atom stereocenters. The van der Waals surface area contributed by atoms with Gasteiger partial charge in [0.1, 0.15) is 0 Å². The van der Waals surface area contributed by atoms with Gasteiger partial charge in [-0.3, -0.25) is 0 Å². The van der Waals surface area contributed by atoms with Gasteiger partial charge in [0.15, 0.2) is 6.29 Å². The minimum absolute atomic E-state index is 0.222. The fourth-order valence-electron chi connectivity index (χ4n) is 1.62. The van der Waals surface area contributed by atoms with Gasteiger partial charge < -0.3 is 9.47 Å². The molecule has 2 nitrogen and oxygen atoms in total. The second-order valence-corrected chi connectivity index (χ2v) is 3.60. The minimum atomic E-state index is -0.222. The normalized spacial score (nSPS) is 11.0. The van der Waals surface area contributed by atoms with Crippen molar-refractivity contribution >= 4 is 0 Å². The third kappa shape index (κ3) is 3.33. The summed E-state index contributed by atoms with van der Waals surface area (Å²) in [5.41, 5.74) is 3.62. The van der Waals surface area contributed by atoms with Crippen LogP contribution in [0.5, 0.6) is 0 Å². The molecule has 0 saturated heterocycles. The summed E-state index contributed by atoms with van der Waals surface area (Å²) in [6.45, 7) is 9.47. The van der Waals surface area contributed by atoms with Gasteiger partial charge in [0, 0.05) is 18.8 Å². The Morgan fingerprint density at radius 2 is 1.67 bits per heavy atom. The second-order valence-electron chi connectivity index (χ2n) is 3.60. The Labute approximate surface area is 92.2 Å². The van der Waals surface area contributed by atoms with Gasteiger partial charge in [0.05, 0.1) is 0 Å². The summed E-state index contributed by atoms with van der Waals surface area (Å²) in [4.78, 5) is 0.